The fraction of sp³-hybridized carbons (Fsp3) is 0.433. The van der Waals surface area contributed by atoms with Crippen LogP contribution in [0.3, 0.4) is 0 Å². The van der Waals surface area contributed by atoms with Crippen LogP contribution in [0.5, 0.6) is 5.75 Å². The molecule has 43 heavy (non-hydrogen) atoms. The molecule has 0 unspecified atom stereocenters. The summed E-state index contributed by atoms with van der Waals surface area (Å²) in [6.07, 6.45) is 4.98. The lowest BCUT2D eigenvalue weighted by Crippen LogP contribution is -2.49. The Kier molecular flexibility index (Phi) is 7.71. The quantitative estimate of drug-likeness (QED) is 0.258. The second-order valence-electron chi connectivity index (χ2n) is 11.6. The molecule has 0 spiro atoms. The number of oxazole rings is 1. The third kappa shape index (κ3) is 6.28. The van der Waals surface area contributed by atoms with Gasteiger partial charge in [-0.1, -0.05) is 19.9 Å². The van der Waals surface area contributed by atoms with Crippen molar-refractivity contribution in [1.29, 1.82) is 0 Å². The maximum absolute atomic E-state index is 13.9. The number of benzene rings is 2. The summed E-state index contributed by atoms with van der Waals surface area (Å²) in [4.78, 5) is 19.8. The van der Waals surface area contributed by atoms with Gasteiger partial charge in [0.25, 0.3) is 0 Å². The van der Waals surface area contributed by atoms with E-state index in [1.165, 1.54) is 10.5 Å². The molecule has 2 aromatic heterocycles. The summed E-state index contributed by atoms with van der Waals surface area (Å²) < 4.78 is 68.7. The van der Waals surface area contributed by atoms with Crippen LogP contribution in [-0.4, -0.2) is 60.3 Å². The minimum absolute atomic E-state index is 0.0203. The lowest BCUT2D eigenvalue weighted by Gasteiger charge is -2.35. The number of piperazine rings is 1. The number of hydrogen-bond donors (Lipinski definition) is 0. The van der Waals surface area contributed by atoms with Crippen LogP contribution in [0.15, 0.2) is 51.8 Å². The molecule has 2 aliphatic rings. The Balaban J connectivity index is 1.20. The molecule has 4 aromatic rings. The van der Waals surface area contributed by atoms with Crippen molar-refractivity contribution in [3.63, 3.8) is 0 Å². The van der Waals surface area contributed by atoms with Gasteiger partial charge in [-0.25, -0.2) is 22.2 Å². The number of hydrogen-bond acceptors (Lipinski definition) is 8. The van der Waals surface area contributed by atoms with Crippen LogP contribution >= 0.6 is 0 Å². The highest BCUT2D eigenvalue weighted by molar-refractivity contribution is 7.88. The third-order valence-corrected chi connectivity index (χ3v) is 9.81. The summed E-state index contributed by atoms with van der Waals surface area (Å²) in [6, 6.07) is 8.03. The van der Waals surface area contributed by atoms with Gasteiger partial charge in [0.1, 0.15) is 22.8 Å². The van der Waals surface area contributed by atoms with Crippen molar-refractivity contribution in [3.8, 4) is 11.4 Å². The van der Waals surface area contributed by atoms with Gasteiger partial charge in [0.15, 0.2) is 11.5 Å². The van der Waals surface area contributed by atoms with E-state index in [2.05, 4.69) is 17.0 Å². The van der Waals surface area contributed by atoms with E-state index in [4.69, 9.17) is 9.15 Å². The van der Waals surface area contributed by atoms with Gasteiger partial charge in [-0.3, -0.25) is 4.79 Å². The normalized spacial score (nSPS) is 17.0. The van der Waals surface area contributed by atoms with Crippen LogP contribution in [0.4, 0.5) is 14.5 Å². The predicted molar refractivity (Wildman–Crippen MR) is 157 cm³/mol. The van der Waals surface area contributed by atoms with Crippen molar-refractivity contribution in [3.05, 3.63) is 76.0 Å². The van der Waals surface area contributed by atoms with Crippen LogP contribution in [0.1, 0.15) is 44.6 Å². The Hall–Kier alpha value is -3.84. The number of aromatic nitrogens is 3. The Morgan fingerprint density at radius 2 is 1.77 bits per heavy atom. The highest BCUT2D eigenvalue weighted by atomic mass is 32.2. The summed E-state index contributed by atoms with van der Waals surface area (Å²) >= 11 is 0. The van der Waals surface area contributed by atoms with Gasteiger partial charge in [-0.05, 0) is 49.1 Å². The number of anilines is 1. The molecule has 1 saturated heterocycles. The largest absolute Gasteiger partial charge is 0.486 e. The number of halogens is 2. The molecule has 0 N–H and O–H groups in total. The average Bonchev–Trinajstić information content (AvgIpc) is 3.56. The first-order chi connectivity index (χ1) is 20.5. The molecule has 1 saturated carbocycles. The maximum Gasteiger partial charge on any atom is 0.316 e. The van der Waals surface area contributed by atoms with Crippen LogP contribution < -0.4 is 15.2 Å². The molecule has 1 aliphatic carbocycles. The lowest BCUT2D eigenvalue weighted by molar-refractivity contribution is 0.242. The topological polar surface area (TPSA) is 111 Å². The highest BCUT2D eigenvalue weighted by Gasteiger charge is 2.39. The van der Waals surface area contributed by atoms with Crippen LogP contribution in [-0.2, 0) is 22.2 Å². The molecule has 0 amide bonds. The van der Waals surface area contributed by atoms with Gasteiger partial charge in [-0.15, -0.1) is 0 Å². The van der Waals surface area contributed by atoms with E-state index in [-0.39, 0.29) is 35.7 Å². The molecule has 0 bridgehead atoms. The summed E-state index contributed by atoms with van der Waals surface area (Å²) in [5.74, 6) is -1.19. The zero-order valence-corrected chi connectivity index (χ0v) is 24.9. The standard InChI is InChI=1S/C30H33F2N5O5S/c1-3-4-27-34-24-6-5-20(13-26(24)42-27)18-43(39,40)36-11-9-35(10-12-36)25-17-33-37(23-15-21(31)14-22(32)16-23)29(38)28(25)41-19-30(2)7-8-30/h5-6,13-17H,3-4,7-12,18-19H2,1-2H3. The molecule has 2 fully saturated rings. The smallest absolute Gasteiger partial charge is 0.316 e. The van der Waals surface area contributed by atoms with E-state index < -0.39 is 27.2 Å². The van der Waals surface area contributed by atoms with E-state index >= 15 is 0 Å². The molecule has 1 aliphatic heterocycles. The first-order valence-corrected chi connectivity index (χ1v) is 16.0. The Bertz CT molecular complexity index is 1810. The monoisotopic (exact) mass is 613 g/mol. The molecular weight excluding hydrogens is 580 g/mol. The number of sulfonamides is 1. The zero-order valence-electron chi connectivity index (χ0n) is 24.1. The molecule has 13 heteroatoms. The van der Waals surface area contributed by atoms with Gasteiger partial charge in [0.05, 0.1) is 24.2 Å². The Morgan fingerprint density at radius 3 is 2.44 bits per heavy atom. The van der Waals surface area contributed by atoms with Crippen molar-refractivity contribution in [2.45, 2.75) is 45.3 Å². The minimum atomic E-state index is -3.64. The van der Waals surface area contributed by atoms with Gasteiger partial charge in [-0.2, -0.15) is 14.1 Å². The minimum Gasteiger partial charge on any atom is -0.486 e. The van der Waals surface area contributed by atoms with E-state index in [1.54, 1.807) is 18.2 Å². The summed E-state index contributed by atoms with van der Waals surface area (Å²) in [5, 5.41) is 4.19. The van der Waals surface area contributed by atoms with Crippen molar-refractivity contribution >= 4 is 26.8 Å². The molecule has 3 heterocycles. The molecule has 2 aromatic carbocycles. The Labute approximate surface area is 247 Å². The maximum atomic E-state index is 13.9. The molecule has 10 nitrogen and oxygen atoms in total. The summed E-state index contributed by atoms with van der Waals surface area (Å²) in [5.41, 5.74) is 1.55. The number of nitrogens with zero attached hydrogens (tertiary/aromatic N) is 5. The van der Waals surface area contributed by atoms with Crippen molar-refractivity contribution in [2.24, 2.45) is 5.41 Å². The summed E-state index contributed by atoms with van der Waals surface area (Å²) in [6.45, 7) is 5.39. The van der Waals surface area contributed by atoms with Crippen LogP contribution in [0, 0.1) is 17.0 Å². The van der Waals surface area contributed by atoms with Gasteiger partial charge in [0.2, 0.25) is 15.8 Å². The highest BCUT2D eigenvalue weighted by Crippen LogP contribution is 2.45. The van der Waals surface area contributed by atoms with Crippen molar-refractivity contribution < 1.29 is 26.4 Å². The number of ether oxygens (including phenoxy) is 1. The summed E-state index contributed by atoms with van der Waals surface area (Å²) in [7, 11) is -3.64. The zero-order chi connectivity index (χ0) is 30.4. The third-order valence-electron chi connectivity index (χ3n) is 7.96. The van der Waals surface area contributed by atoms with Gasteiger partial charge in [0, 0.05) is 44.1 Å². The molecule has 0 atom stereocenters. The van der Waals surface area contributed by atoms with Crippen LogP contribution in [0.2, 0.25) is 0 Å². The second kappa shape index (κ2) is 11.3. The molecular formula is C30H33F2N5O5S. The lowest BCUT2D eigenvalue weighted by atomic mass is 10.2. The molecule has 0 radical (unpaired) electrons. The predicted octanol–water partition coefficient (Wildman–Crippen LogP) is 4.44. The van der Waals surface area contributed by atoms with E-state index in [1.807, 2.05) is 11.8 Å². The Morgan fingerprint density at radius 1 is 1.05 bits per heavy atom. The first kappa shape index (κ1) is 29.2. The first-order valence-electron chi connectivity index (χ1n) is 14.4. The molecule has 228 valence electrons. The number of rotatable bonds is 10. The van der Waals surface area contributed by atoms with Crippen LogP contribution in [0.25, 0.3) is 16.8 Å². The number of aryl methyl sites for hydroxylation is 1. The van der Waals surface area contributed by atoms with Crippen molar-refractivity contribution in [2.75, 3.05) is 37.7 Å². The van der Waals surface area contributed by atoms with Gasteiger partial charge < -0.3 is 14.1 Å². The molecule has 6 rings (SSSR count). The number of fused-ring (bicyclic) bond motifs is 1. The van der Waals surface area contributed by atoms with E-state index in [9.17, 15) is 22.0 Å². The fourth-order valence-electron chi connectivity index (χ4n) is 5.18. The fourth-order valence-corrected chi connectivity index (χ4v) is 6.68. The van der Waals surface area contributed by atoms with Gasteiger partial charge >= 0.3 is 5.56 Å². The van der Waals surface area contributed by atoms with E-state index in [0.717, 1.165) is 42.1 Å². The average molecular weight is 614 g/mol. The van der Waals surface area contributed by atoms with Crippen molar-refractivity contribution in [1.82, 2.24) is 19.1 Å². The van der Waals surface area contributed by atoms with E-state index in [0.29, 0.717) is 54.4 Å². The SMILES string of the molecule is CCCc1nc2ccc(CS(=O)(=O)N3CCN(c4cnn(-c5cc(F)cc(F)c5)c(=O)c4OCC4(C)CC4)CC3)cc2o1. The second-order valence-corrected chi connectivity index (χ2v) is 13.6.